The van der Waals surface area contributed by atoms with Crippen molar-refractivity contribution in [1.29, 1.82) is 0 Å². The smallest absolute Gasteiger partial charge is 0.0621 e. The van der Waals surface area contributed by atoms with Crippen molar-refractivity contribution in [3.05, 3.63) is 0 Å². The molecule has 0 saturated carbocycles. The molecule has 1 aliphatic rings. The topological polar surface area (TPSA) is 49.4 Å². The van der Waals surface area contributed by atoms with Gasteiger partial charge in [-0.05, 0) is 23.3 Å². The molecule has 0 unspecified atom stereocenters. The molecule has 0 aromatic heterocycles. The molecule has 0 aromatic carbocycles. The minimum absolute atomic E-state index is 0.805. The molecule has 0 amide bonds. The van der Waals surface area contributed by atoms with Gasteiger partial charge in [-0.15, -0.1) is 0 Å². The molecule has 0 aromatic rings. The van der Waals surface area contributed by atoms with E-state index in [1.165, 1.54) is 70.6 Å². The number of rotatable bonds is 0. The minimum Gasteiger partial charge on any atom is -0.167 e. The summed E-state index contributed by atoms with van der Waals surface area (Å²) >= 11 is 0. The van der Waals surface area contributed by atoms with E-state index in [4.69, 9.17) is 0 Å². The Balaban J connectivity index is 2.12. The summed E-state index contributed by atoms with van der Waals surface area (Å²) < 4.78 is 0. The Hall–Kier alpha value is -0.800. The van der Waals surface area contributed by atoms with Gasteiger partial charge < -0.3 is 0 Å². The lowest BCUT2D eigenvalue weighted by molar-refractivity contribution is 0.538. The van der Waals surface area contributed by atoms with Crippen LogP contribution in [0.5, 0.6) is 0 Å². The van der Waals surface area contributed by atoms with Crippen molar-refractivity contribution in [1.82, 2.24) is 0 Å². The molecule has 0 bridgehead atoms. The largest absolute Gasteiger partial charge is 0.167 e. The lowest BCUT2D eigenvalue weighted by atomic mass is 10.0. The van der Waals surface area contributed by atoms with E-state index in [2.05, 4.69) is 20.7 Å². The lowest BCUT2D eigenvalue weighted by Gasteiger charge is -2.02. The summed E-state index contributed by atoms with van der Waals surface area (Å²) in [4.78, 5) is 0. The van der Waals surface area contributed by atoms with Crippen LogP contribution < -0.4 is 0 Å². The predicted molar refractivity (Wildman–Crippen MR) is 79.5 cm³/mol. The van der Waals surface area contributed by atoms with Crippen LogP contribution in [0.2, 0.25) is 0 Å². The summed E-state index contributed by atoms with van der Waals surface area (Å²) in [5, 5.41) is 15.5. The van der Waals surface area contributed by atoms with E-state index in [1.807, 2.05) is 0 Å². The van der Waals surface area contributed by atoms with Crippen LogP contribution >= 0.6 is 0 Å². The average Bonchev–Trinajstić information content (AvgIpc) is 2.43. The van der Waals surface area contributed by atoms with Crippen molar-refractivity contribution in [2.75, 3.05) is 13.1 Å². The van der Waals surface area contributed by atoms with Crippen LogP contribution in [0.1, 0.15) is 83.5 Å². The lowest BCUT2D eigenvalue weighted by Crippen LogP contribution is -1.84. The highest BCUT2D eigenvalue weighted by Gasteiger charge is 1.94. The molecule has 0 radical (unpaired) electrons. The van der Waals surface area contributed by atoms with Gasteiger partial charge in [0.25, 0.3) is 0 Å². The molecule has 1 heterocycles. The Morgan fingerprint density at radius 2 is 0.579 bits per heavy atom. The second kappa shape index (κ2) is 13.6. The van der Waals surface area contributed by atoms with Crippen LogP contribution in [-0.2, 0) is 0 Å². The van der Waals surface area contributed by atoms with Crippen LogP contribution in [0, 0.1) is 0 Å². The van der Waals surface area contributed by atoms with Gasteiger partial charge >= 0.3 is 0 Å². The van der Waals surface area contributed by atoms with Gasteiger partial charge in [-0.25, -0.2) is 0 Å². The SMILES string of the molecule is C1CCCCCCC/N=N/N=N/CCCCCCC1. The summed E-state index contributed by atoms with van der Waals surface area (Å²) in [7, 11) is 0. The molecule has 1 rings (SSSR count). The fraction of sp³-hybridized carbons (Fsp3) is 1.00. The van der Waals surface area contributed by atoms with Gasteiger partial charge in [0.2, 0.25) is 0 Å². The van der Waals surface area contributed by atoms with E-state index in [0.29, 0.717) is 0 Å². The molecule has 110 valence electrons. The molecule has 0 atom stereocenters. The molecule has 0 fully saturated rings. The van der Waals surface area contributed by atoms with Crippen molar-refractivity contribution < 1.29 is 0 Å². The highest BCUT2D eigenvalue weighted by molar-refractivity contribution is 4.50. The van der Waals surface area contributed by atoms with E-state index < -0.39 is 0 Å². The van der Waals surface area contributed by atoms with Crippen molar-refractivity contribution in [2.45, 2.75) is 83.5 Å². The van der Waals surface area contributed by atoms with E-state index in [9.17, 15) is 0 Å². The number of nitrogens with zero attached hydrogens (tertiary/aromatic N) is 4. The van der Waals surface area contributed by atoms with Gasteiger partial charge in [-0.2, -0.15) is 10.2 Å². The summed E-state index contributed by atoms with van der Waals surface area (Å²) in [6.45, 7) is 1.61. The first-order valence-corrected chi connectivity index (χ1v) is 8.23. The second-order valence-corrected chi connectivity index (χ2v) is 5.51. The summed E-state index contributed by atoms with van der Waals surface area (Å²) in [5.41, 5.74) is 0. The molecule has 0 aliphatic carbocycles. The quantitative estimate of drug-likeness (QED) is 0.525. The highest BCUT2D eigenvalue weighted by Crippen LogP contribution is 2.12. The third kappa shape index (κ3) is 12.0. The van der Waals surface area contributed by atoms with Crippen molar-refractivity contribution in [3.63, 3.8) is 0 Å². The average molecular weight is 266 g/mol. The first-order valence-electron chi connectivity index (χ1n) is 8.23. The van der Waals surface area contributed by atoms with Crippen LogP contribution in [0.3, 0.4) is 0 Å². The zero-order valence-corrected chi connectivity index (χ0v) is 12.4. The molecule has 0 N–H and O–H groups in total. The second-order valence-electron chi connectivity index (χ2n) is 5.51. The molecule has 0 spiro atoms. The molecule has 4 heteroatoms. The standard InChI is InChI=1S/C15H30N4/c1-2-4-6-8-10-12-14-16-18-19-17-15-13-11-9-7-5-3-1/h1-15H2/b18-16+,19-17+. The Labute approximate surface area is 118 Å². The first kappa shape index (κ1) is 16.3. The van der Waals surface area contributed by atoms with Gasteiger partial charge in [0.05, 0.1) is 13.1 Å². The number of hydrogen-bond donors (Lipinski definition) is 0. The van der Waals surface area contributed by atoms with Crippen LogP contribution in [0.15, 0.2) is 20.7 Å². The molecule has 0 saturated heterocycles. The summed E-state index contributed by atoms with van der Waals surface area (Å²) in [5.74, 6) is 0. The van der Waals surface area contributed by atoms with E-state index >= 15 is 0 Å². The zero-order valence-electron chi connectivity index (χ0n) is 12.4. The number of hydrogen-bond acceptors (Lipinski definition) is 4. The molecule has 4 nitrogen and oxygen atoms in total. The van der Waals surface area contributed by atoms with Crippen LogP contribution in [0.4, 0.5) is 0 Å². The van der Waals surface area contributed by atoms with E-state index in [1.54, 1.807) is 0 Å². The predicted octanol–water partition coefficient (Wildman–Crippen LogP) is 5.89. The Kier molecular flexibility index (Phi) is 11.7. The first-order chi connectivity index (χ1) is 9.50. The van der Waals surface area contributed by atoms with Crippen molar-refractivity contribution in [3.8, 4) is 0 Å². The molecule has 1 aliphatic heterocycles. The van der Waals surface area contributed by atoms with Gasteiger partial charge in [0.1, 0.15) is 0 Å². The van der Waals surface area contributed by atoms with Crippen molar-refractivity contribution >= 4 is 0 Å². The Morgan fingerprint density at radius 1 is 0.316 bits per heavy atom. The highest BCUT2D eigenvalue weighted by atomic mass is 15.5. The van der Waals surface area contributed by atoms with E-state index in [-0.39, 0.29) is 0 Å². The zero-order chi connectivity index (χ0) is 13.4. The van der Waals surface area contributed by atoms with E-state index in [0.717, 1.165) is 25.9 Å². The monoisotopic (exact) mass is 266 g/mol. The normalized spacial score (nSPS) is 25.7. The maximum Gasteiger partial charge on any atom is 0.0621 e. The van der Waals surface area contributed by atoms with Crippen LogP contribution in [-0.4, -0.2) is 13.1 Å². The van der Waals surface area contributed by atoms with Crippen LogP contribution in [0.25, 0.3) is 0 Å². The van der Waals surface area contributed by atoms with Gasteiger partial charge in [-0.3, -0.25) is 0 Å². The van der Waals surface area contributed by atoms with Crippen molar-refractivity contribution in [2.24, 2.45) is 20.7 Å². The molecular weight excluding hydrogens is 236 g/mol. The van der Waals surface area contributed by atoms with Gasteiger partial charge in [-0.1, -0.05) is 70.6 Å². The fourth-order valence-electron chi connectivity index (χ4n) is 2.46. The Bertz CT molecular complexity index is 214. The van der Waals surface area contributed by atoms with Gasteiger partial charge in [0, 0.05) is 0 Å². The molecular formula is C15H30N4. The third-order valence-electron chi connectivity index (χ3n) is 3.68. The third-order valence-corrected chi connectivity index (χ3v) is 3.68. The minimum atomic E-state index is 0.805. The molecule has 19 heavy (non-hydrogen) atoms. The summed E-state index contributed by atoms with van der Waals surface area (Å²) in [6, 6.07) is 0. The maximum atomic E-state index is 4.01. The Morgan fingerprint density at radius 3 is 0.895 bits per heavy atom. The fourth-order valence-corrected chi connectivity index (χ4v) is 2.46. The maximum absolute atomic E-state index is 4.01. The summed E-state index contributed by atoms with van der Waals surface area (Å²) in [6.07, 6.45) is 17.4. The van der Waals surface area contributed by atoms with Gasteiger partial charge in [0.15, 0.2) is 0 Å².